The van der Waals surface area contributed by atoms with E-state index in [0.29, 0.717) is 5.56 Å². The van der Waals surface area contributed by atoms with Gasteiger partial charge in [-0.3, -0.25) is 4.79 Å². The molecular weight excluding hydrogens is 235 g/mol. The third-order valence-corrected chi connectivity index (χ3v) is 2.22. The first-order valence-electron chi connectivity index (χ1n) is 4.83. The van der Waals surface area contributed by atoms with Gasteiger partial charge in [0, 0.05) is 5.69 Å². The van der Waals surface area contributed by atoms with E-state index in [2.05, 4.69) is 10.1 Å². The molecule has 94 valence electrons. The summed E-state index contributed by atoms with van der Waals surface area (Å²) in [5, 5.41) is 2.60. The van der Waals surface area contributed by atoms with E-state index in [1.807, 2.05) is 0 Å². The summed E-state index contributed by atoms with van der Waals surface area (Å²) in [6.45, 7) is 1.48. The van der Waals surface area contributed by atoms with Crippen LogP contribution in [0.3, 0.4) is 0 Å². The standard InChI is InChI=1S/C11H12F3NO2/c1-7-3-4-8(11(12,13)14)5-9(7)15-6-10(16)17-2/h3-5,15H,6H2,1-2H3. The van der Waals surface area contributed by atoms with Crippen molar-refractivity contribution in [3.8, 4) is 0 Å². The second-order valence-corrected chi connectivity index (χ2v) is 3.46. The average Bonchev–Trinajstić information content (AvgIpc) is 2.26. The fraction of sp³-hybridized carbons (Fsp3) is 0.364. The molecule has 3 nitrogen and oxygen atoms in total. The van der Waals surface area contributed by atoms with Gasteiger partial charge in [-0.05, 0) is 24.6 Å². The molecule has 0 saturated carbocycles. The largest absolute Gasteiger partial charge is 0.468 e. The zero-order valence-electron chi connectivity index (χ0n) is 9.39. The van der Waals surface area contributed by atoms with Gasteiger partial charge in [-0.2, -0.15) is 13.2 Å². The summed E-state index contributed by atoms with van der Waals surface area (Å²) in [5.41, 5.74) is 0.141. The van der Waals surface area contributed by atoms with Crippen LogP contribution in [0.25, 0.3) is 0 Å². The Morgan fingerprint density at radius 1 is 1.41 bits per heavy atom. The summed E-state index contributed by atoms with van der Waals surface area (Å²) < 4.78 is 41.7. The van der Waals surface area contributed by atoms with Crippen molar-refractivity contribution in [1.29, 1.82) is 0 Å². The Labute approximate surface area is 96.6 Å². The van der Waals surface area contributed by atoms with Gasteiger partial charge in [-0.1, -0.05) is 6.07 Å². The number of hydrogen-bond acceptors (Lipinski definition) is 3. The summed E-state index contributed by atoms with van der Waals surface area (Å²) in [4.78, 5) is 10.9. The fourth-order valence-corrected chi connectivity index (χ4v) is 1.23. The fourth-order valence-electron chi connectivity index (χ4n) is 1.23. The quantitative estimate of drug-likeness (QED) is 0.834. The first-order valence-corrected chi connectivity index (χ1v) is 4.83. The first kappa shape index (κ1) is 13.3. The number of ether oxygens (including phenoxy) is 1. The maximum absolute atomic E-state index is 12.4. The third kappa shape index (κ3) is 3.65. The number of halogens is 3. The van der Waals surface area contributed by atoms with E-state index in [9.17, 15) is 18.0 Å². The Morgan fingerprint density at radius 3 is 2.59 bits per heavy atom. The SMILES string of the molecule is COC(=O)CNc1cc(C(F)(F)F)ccc1C. The molecule has 0 unspecified atom stereocenters. The number of carbonyl (C=O) groups excluding carboxylic acids is 1. The second-order valence-electron chi connectivity index (χ2n) is 3.46. The maximum Gasteiger partial charge on any atom is 0.416 e. The minimum atomic E-state index is -4.39. The third-order valence-electron chi connectivity index (χ3n) is 2.22. The van der Waals surface area contributed by atoms with E-state index in [1.54, 1.807) is 6.92 Å². The van der Waals surface area contributed by atoms with Crippen LogP contribution in [0.15, 0.2) is 18.2 Å². The van der Waals surface area contributed by atoms with Crippen LogP contribution < -0.4 is 5.32 Å². The van der Waals surface area contributed by atoms with Crippen molar-refractivity contribution in [2.75, 3.05) is 19.0 Å². The van der Waals surface area contributed by atoms with E-state index in [4.69, 9.17) is 0 Å². The lowest BCUT2D eigenvalue weighted by molar-refractivity contribution is -0.138. The highest BCUT2D eigenvalue weighted by molar-refractivity contribution is 5.75. The van der Waals surface area contributed by atoms with E-state index < -0.39 is 17.7 Å². The van der Waals surface area contributed by atoms with Crippen molar-refractivity contribution in [3.63, 3.8) is 0 Å². The van der Waals surface area contributed by atoms with Crippen molar-refractivity contribution >= 4 is 11.7 Å². The van der Waals surface area contributed by atoms with Crippen molar-refractivity contribution < 1.29 is 22.7 Å². The zero-order valence-corrected chi connectivity index (χ0v) is 9.39. The molecule has 1 rings (SSSR count). The molecule has 0 aliphatic rings. The molecule has 0 radical (unpaired) electrons. The Balaban J connectivity index is 2.88. The molecule has 1 N–H and O–H groups in total. The molecular formula is C11H12F3NO2. The number of aryl methyl sites for hydroxylation is 1. The van der Waals surface area contributed by atoms with Crippen LogP contribution >= 0.6 is 0 Å². The lowest BCUT2D eigenvalue weighted by Gasteiger charge is -2.12. The molecule has 0 fully saturated rings. The van der Waals surface area contributed by atoms with Crippen molar-refractivity contribution in [3.05, 3.63) is 29.3 Å². The van der Waals surface area contributed by atoms with Crippen LogP contribution in [0.1, 0.15) is 11.1 Å². The van der Waals surface area contributed by atoms with Crippen LogP contribution in [0.2, 0.25) is 0 Å². The van der Waals surface area contributed by atoms with Gasteiger partial charge in [0.25, 0.3) is 0 Å². The number of carbonyl (C=O) groups is 1. The molecule has 0 aliphatic carbocycles. The molecule has 17 heavy (non-hydrogen) atoms. The molecule has 0 bridgehead atoms. The summed E-state index contributed by atoms with van der Waals surface area (Å²) in [6, 6.07) is 3.32. The molecule has 0 amide bonds. The van der Waals surface area contributed by atoms with Gasteiger partial charge >= 0.3 is 12.1 Å². The van der Waals surface area contributed by atoms with Crippen molar-refractivity contribution in [1.82, 2.24) is 0 Å². The van der Waals surface area contributed by atoms with Crippen LogP contribution in [0.4, 0.5) is 18.9 Å². The molecule has 6 heteroatoms. The predicted octanol–water partition coefficient (Wildman–Crippen LogP) is 2.60. The minimum Gasteiger partial charge on any atom is -0.468 e. The van der Waals surface area contributed by atoms with E-state index in [1.165, 1.54) is 13.2 Å². The smallest absolute Gasteiger partial charge is 0.416 e. The molecule has 0 aromatic heterocycles. The Hall–Kier alpha value is -1.72. The highest BCUT2D eigenvalue weighted by atomic mass is 19.4. The van der Waals surface area contributed by atoms with Gasteiger partial charge in [0.15, 0.2) is 0 Å². The monoisotopic (exact) mass is 247 g/mol. The summed E-state index contributed by atoms with van der Waals surface area (Å²) >= 11 is 0. The van der Waals surface area contributed by atoms with Crippen molar-refractivity contribution in [2.45, 2.75) is 13.1 Å². The number of nitrogens with one attached hydrogen (secondary N) is 1. The van der Waals surface area contributed by atoms with E-state index >= 15 is 0 Å². The van der Waals surface area contributed by atoms with Gasteiger partial charge < -0.3 is 10.1 Å². The Kier molecular flexibility index (Phi) is 3.98. The summed E-state index contributed by atoms with van der Waals surface area (Å²) in [6.07, 6.45) is -4.39. The number of methoxy groups -OCH3 is 1. The van der Waals surface area contributed by atoms with Crippen LogP contribution in [-0.4, -0.2) is 19.6 Å². The lowest BCUT2D eigenvalue weighted by Crippen LogP contribution is -2.16. The maximum atomic E-state index is 12.4. The summed E-state index contributed by atoms with van der Waals surface area (Å²) in [7, 11) is 1.21. The van der Waals surface area contributed by atoms with Crippen LogP contribution in [-0.2, 0) is 15.7 Å². The normalized spacial score (nSPS) is 11.1. The predicted molar refractivity (Wildman–Crippen MR) is 56.7 cm³/mol. The van der Waals surface area contributed by atoms with Crippen LogP contribution in [0, 0.1) is 6.92 Å². The van der Waals surface area contributed by atoms with E-state index in [0.717, 1.165) is 12.1 Å². The van der Waals surface area contributed by atoms with Crippen LogP contribution in [0.5, 0.6) is 0 Å². The molecule has 0 saturated heterocycles. The van der Waals surface area contributed by atoms with E-state index in [-0.39, 0.29) is 12.2 Å². The average molecular weight is 247 g/mol. The van der Waals surface area contributed by atoms with Gasteiger partial charge in [0.05, 0.1) is 12.7 Å². The highest BCUT2D eigenvalue weighted by Crippen LogP contribution is 2.31. The first-order chi connectivity index (χ1) is 7.84. The van der Waals surface area contributed by atoms with Gasteiger partial charge in [-0.25, -0.2) is 0 Å². The highest BCUT2D eigenvalue weighted by Gasteiger charge is 2.30. The molecule has 0 spiro atoms. The Bertz CT molecular complexity index is 416. The molecule has 0 heterocycles. The minimum absolute atomic E-state index is 0.168. The number of rotatable bonds is 3. The topological polar surface area (TPSA) is 38.3 Å². The number of hydrogen-bond donors (Lipinski definition) is 1. The molecule has 1 aromatic rings. The summed E-state index contributed by atoms with van der Waals surface area (Å²) in [5.74, 6) is -0.540. The molecule has 0 atom stereocenters. The molecule has 1 aromatic carbocycles. The second kappa shape index (κ2) is 5.07. The van der Waals surface area contributed by atoms with Crippen molar-refractivity contribution in [2.24, 2.45) is 0 Å². The van der Waals surface area contributed by atoms with Gasteiger partial charge in [0.2, 0.25) is 0 Å². The van der Waals surface area contributed by atoms with Gasteiger partial charge in [0.1, 0.15) is 6.54 Å². The lowest BCUT2D eigenvalue weighted by atomic mass is 10.1. The number of benzene rings is 1. The number of esters is 1. The molecule has 0 aliphatic heterocycles. The zero-order chi connectivity index (χ0) is 13.1. The van der Waals surface area contributed by atoms with Gasteiger partial charge in [-0.15, -0.1) is 0 Å². The Morgan fingerprint density at radius 2 is 2.06 bits per heavy atom. The number of anilines is 1. The number of alkyl halides is 3.